The Morgan fingerprint density at radius 2 is 1.82 bits per heavy atom. The molecule has 2 unspecified atom stereocenters. The molecule has 2 aromatic carbocycles. The lowest BCUT2D eigenvalue weighted by atomic mass is 10.00. The molecule has 5 N–H and O–H groups in total. The number of aliphatic hydroxyl groups is 1. The van der Waals surface area contributed by atoms with Crippen LogP contribution in [0.15, 0.2) is 54.2 Å². The molecular weight excluding hydrogens is 895 g/mol. The fraction of sp³-hybridized carbons (Fsp3) is 0.489. The summed E-state index contributed by atoms with van der Waals surface area (Å²) in [6, 6.07) is 10.8. The Bertz CT molecular complexity index is 2380. The maximum atomic E-state index is 15.2. The number of ether oxygens (including phenoxy) is 1. The van der Waals surface area contributed by atoms with E-state index in [1.165, 1.54) is 30.0 Å². The first-order valence-electron chi connectivity index (χ1n) is 21.6. The number of aromatic nitrogens is 3. The van der Waals surface area contributed by atoms with Crippen LogP contribution in [0, 0.1) is 6.92 Å². The van der Waals surface area contributed by atoms with Crippen molar-refractivity contribution in [1.82, 2.24) is 40.3 Å². The van der Waals surface area contributed by atoms with Gasteiger partial charge in [0.25, 0.3) is 11.8 Å². The molecule has 20 heteroatoms. The summed E-state index contributed by atoms with van der Waals surface area (Å²) < 4.78 is 19.8. The van der Waals surface area contributed by atoms with Crippen molar-refractivity contribution in [3.05, 3.63) is 76.0 Å². The second kappa shape index (κ2) is 20.2. The number of anilines is 3. The van der Waals surface area contributed by atoms with Gasteiger partial charge in [-0.05, 0) is 62.9 Å². The molecule has 0 bridgehead atoms. The van der Waals surface area contributed by atoms with Gasteiger partial charge in [0.2, 0.25) is 17.8 Å². The zero-order chi connectivity index (χ0) is 46.6. The third kappa shape index (κ3) is 11.3. The maximum Gasteiger partial charge on any atom is 0.258 e. The number of aryl methyl sites for hydroxylation is 1. The Labute approximate surface area is 391 Å². The standard InChI is InChI=1S/C45H56ClFN10O6S2/c1-26(23-55-15-17-56(18-16-55)40(60)30-11-12-33(35(19-30)63-6)52-43-50-22-32(46)38(48-5)54-43)65-44(3,4)37(53-42(62)45(47)13-14-45)41(61)57-24-31(58)20-34(57)39(59)49-21-28-7-9-29(10-8-28)36-27(2)51-25-64-36/h7-12,19,22,25-26,31,34,37,58H,13-18,20-21,23-24H2,1-6H3,(H,49,59)(H,53,62)(H2,48,50,52,54)/t26?,31-,34?,37-/m1/s1. The summed E-state index contributed by atoms with van der Waals surface area (Å²) in [5, 5.41) is 22.8. The number of amides is 4. The Hall–Kier alpha value is -5.08. The van der Waals surface area contributed by atoms with E-state index in [9.17, 15) is 24.3 Å². The summed E-state index contributed by atoms with van der Waals surface area (Å²) in [4.78, 5) is 74.5. The lowest BCUT2D eigenvalue weighted by Gasteiger charge is -2.40. The van der Waals surface area contributed by atoms with Gasteiger partial charge in [-0.15, -0.1) is 23.1 Å². The number of piperazine rings is 1. The minimum absolute atomic E-state index is 0.0288. The molecule has 2 saturated heterocycles. The number of rotatable bonds is 17. The molecule has 7 rings (SSSR count). The first-order chi connectivity index (χ1) is 31.0. The van der Waals surface area contributed by atoms with Gasteiger partial charge in [-0.1, -0.05) is 42.8 Å². The average molecular weight is 952 g/mol. The number of thioether (sulfide) groups is 1. The van der Waals surface area contributed by atoms with Gasteiger partial charge in [0, 0.05) is 74.8 Å². The van der Waals surface area contributed by atoms with Crippen LogP contribution in [-0.2, 0) is 20.9 Å². The number of aliphatic hydroxyl groups excluding tert-OH is 1. The van der Waals surface area contributed by atoms with E-state index in [0.29, 0.717) is 66.5 Å². The average Bonchev–Trinajstić information content (AvgIpc) is 3.70. The van der Waals surface area contributed by atoms with Crippen molar-refractivity contribution in [3.8, 4) is 16.2 Å². The second-order valence-electron chi connectivity index (χ2n) is 17.3. The fourth-order valence-electron chi connectivity index (χ4n) is 8.22. The summed E-state index contributed by atoms with van der Waals surface area (Å²) in [7, 11) is 3.23. The molecule has 4 amide bonds. The van der Waals surface area contributed by atoms with Crippen LogP contribution in [0.4, 0.5) is 21.8 Å². The molecular formula is C45H56ClFN10O6S2. The number of β-amino-alcohol motifs (C(OH)–C–C–N with tert-alkyl or cyclic N) is 1. The Morgan fingerprint density at radius 3 is 2.46 bits per heavy atom. The molecule has 16 nitrogen and oxygen atoms in total. The van der Waals surface area contributed by atoms with Gasteiger partial charge < -0.3 is 40.9 Å². The van der Waals surface area contributed by atoms with Gasteiger partial charge in [-0.2, -0.15) is 4.98 Å². The summed E-state index contributed by atoms with van der Waals surface area (Å²) in [6.45, 7) is 10.6. The lowest BCUT2D eigenvalue weighted by Crippen LogP contribution is -2.61. The molecule has 65 heavy (non-hydrogen) atoms. The number of thiazole rings is 1. The first kappa shape index (κ1) is 47.9. The van der Waals surface area contributed by atoms with Crippen molar-refractivity contribution >= 4 is 75.8 Å². The van der Waals surface area contributed by atoms with Crippen molar-refractivity contribution in [1.29, 1.82) is 0 Å². The van der Waals surface area contributed by atoms with Crippen LogP contribution in [0.1, 0.15) is 61.6 Å². The number of alkyl halides is 1. The van der Waals surface area contributed by atoms with Crippen molar-refractivity contribution in [2.45, 2.75) is 87.4 Å². The Morgan fingerprint density at radius 1 is 1.09 bits per heavy atom. The van der Waals surface area contributed by atoms with Gasteiger partial charge in [0.05, 0.1) is 41.2 Å². The summed E-state index contributed by atoms with van der Waals surface area (Å²) in [5.74, 6) is -0.750. The third-order valence-corrected chi connectivity index (χ3v) is 14.6. The zero-order valence-corrected chi connectivity index (χ0v) is 39.7. The second-order valence-corrected chi connectivity index (χ2v) is 20.6. The van der Waals surface area contributed by atoms with Crippen LogP contribution in [0.5, 0.6) is 5.75 Å². The number of nitrogens with one attached hydrogen (secondary N) is 4. The van der Waals surface area contributed by atoms with Crippen LogP contribution >= 0.6 is 34.7 Å². The van der Waals surface area contributed by atoms with E-state index in [4.69, 9.17) is 16.3 Å². The van der Waals surface area contributed by atoms with E-state index in [-0.39, 0.29) is 43.5 Å². The van der Waals surface area contributed by atoms with Crippen molar-refractivity contribution in [2.75, 3.05) is 64.1 Å². The largest absolute Gasteiger partial charge is 0.495 e. The SMILES string of the molecule is CNc1nc(Nc2ccc(C(=O)N3CCN(CC(C)SC(C)(C)[C@H](NC(=O)C4(F)CC4)C(=O)N4C[C@H](O)CC4C(=O)NCc4ccc(-c5scnc5C)cc4)CC3)cc2OC)ncc1Cl. The minimum atomic E-state index is -2.04. The molecule has 2 aliphatic heterocycles. The van der Waals surface area contributed by atoms with E-state index >= 15 is 4.39 Å². The quantitative estimate of drug-likeness (QED) is 0.0920. The number of hydrogen-bond donors (Lipinski definition) is 5. The number of benzene rings is 2. The summed E-state index contributed by atoms with van der Waals surface area (Å²) in [6.07, 6.45) is 0.705. The van der Waals surface area contributed by atoms with Crippen LogP contribution in [0.3, 0.4) is 0 Å². The number of carbonyl (C=O) groups is 4. The van der Waals surface area contributed by atoms with Gasteiger partial charge >= 0.3 is 0 Å². The molecule has 4 heterocycles. The smallest absolute Gasteiger partial charge is 0.258 e. The fourth-order valence-corrected chi connectivity index (χ4v) is 10.8. The molecule has 2 aromatic heterocycles. The van der Waals surface area contributed by atoms with E-state index in [1.54, 1.807) is 47.0 Å². The minimum Gasteiger partial charge on any atom is -0.495 e. The monoisotopic (exact) mass is 950 g/mol. The number of carbonyl (C=O) groups excluding carboxylic acids is 4. The van der Waals surface area contributed by atoms with Crippen molar-refractivity contribution in [3.63, 3.8) is 0 Å². The molecule has 4 atom stereocenters. The molecule has 3 aliphatic rings. The Balaban J connectivity index is 0.952. The van der Waals surface area contributed by atoms with Gasteiger partial charge in [0.15, 0.2) is 5.67 Å². The van der Waals surface area contributed by atoms with E-state index in [0.717, 1.165) is 21.7 Å². The predicted octanol–water partition coefficient (Wildman–Crippen LogP) is 5.28. The van der Waals surface area contributed by atoms with Crippen LogP contribution in [0.2, 0.25) is 5.02 Å². The van der Waals surface area contributed by atoms with E-state index in [2.05, 4.69) is 41.1 Å². The Kier molecular flexibility index (Phi) is 14.9. The lowest BCUT2D eigenvalue weighted by molar-refractivity contribution is -0.143. The maximum absolute atomic E-state index is 15.2. The first-order valence-corrected chi connectivity index (χ1v) is 23.7. The zero-order valence-electron chi connectivity index (χ0n) is 37.3. The van der Waals surface area contributed by atoms with E-state index in [1.807, 2.05) is 52.0 Å². The molecule has 1 saturated carbocycles. The highest BCUT2D eigenvalue weighted by Crippen LogP contribution is 2.41. The van der Waals surface area contributed by atoms with Gasteiger partial charge in [-0.3, -0.25) is 24.1 Å². The van der Waals surface area contributed by atoms with Gasteiger partial charge in [0.1, 0.15) is 28.7 Å². The van der Waals surface area contributed by atoms with E-state index < -0.39 is 46.3 Å². The van der Waals surface area contributed by atoms with Gasteiger partial charge in [-0.25, -0.2) is 14.4 Å². The molecule has 0 radical (unpaired) electrons. The summed E-state index contributed by atoms with van der Waals surface area (Å²) in [5.41, 5.74) is 3.64. The molecule has 4 aromatic rings. The number of halogens is 2. The molecule has 1 aliphatic carbocycles. The van der Waals surface area contributed by atoms with Crippen LogP contribution in [-0.4, -0.2) is 146 Å². The summed E-state index contributed by atoms with van der Waals surface area (Å²) >= 11 is 9.17. The third-order valence-electron chi connectivity index (χ3n) is 12.0. The number of methoxy groups -OCH3 is 1. The topological polar surface area (TPSA) is 194 Å². The van der Waals surface area contributed by atoms with Crippen molar-refractivity contribution < 1.29 is 33.4 Å². The highest BCUT2D eigenvalue weighted by atomic mass is 35.5. The van der Waals surface area contributed by atoms with Crippen LogP contribution < -0.4 is 26.0 Å². The highest BCUT2D eigenvalue weighted by molar-refractivity contribution is 8.01. The molecule has 0 spiro atoms. The normalized spacial score (nSPS) is 19.3. The number of likely N-dealkylation sites (tertiary alicyclic amines) is 1. The highest BCUT2D eigenvalue weighted by Gasteiger charge is 2.54. The molecule has 3 fully saturated rings. The number of hydrogen-bond acceptors (Lipinski definition) is 14. The number of nitrogens with zero attached hydrogens (tertiary/aromatic N) is 6. The van der Waals surface area contributed by atoms with Crippen molar-refractivity contribution in [2.24, 2.45) is 0 Å². The predicted molar refractivity (Wildman–Crippen MR) is 252 cm³/mol. The van der Waals surface area contributed by atoms with Crippen LogP contribution in [0.25, 0.3) is 10.4 Å². The molecule has 348 valence electrons.